The third-order valence-corrected chi connectivity index (χ3v) is 14.4. The summed E-state index contributed by atoms with van der Waals surface area (Å²) >= 11 is 0. The van der Waals surface area contributed by atoms with Gasteiger partial charge in [-0.1, -0.05) is 48.5 Å². The number of rotatable bonds is 0. The molecular formula is C30H48O4. The van der Waals surface area contributed by atoms with Gasteiger partial charge in [0.05, 0.1) is 17.6 Å². The largest absolute Gasteiger partial charge is 0.455 e. The monoisotopic (exact) mass is 472 g/mol. The first-order valence-electron chi connectivity index (χ1n) is 14.3. The molecule has 0 aromatic carbocycles. The van der Waals surface area contributed by atoms with Crippen molar-refractivity contribution < 1.29 is 19.7 Å². The number of esters is 1. The molecule has 0 radical (unpaired) electrons. The van der Waals surface area contributed by atoms with Gasteiger partial charge in [0.2, 0.25) is 0 Å². The zero-order chi connectivity index (χ0) is 24.7. The molecule has 4 nitrogen and oxygen atoms in total. The van der Waals surface area contributed by atoms with E-state index in [1.54, 1.807) is 0 Å². The minimum Gasteiger partial charge on any atom is -0.455 e. The molecule has 4 heteroatoms. The second-order valence-corrected chi connectivity index (χ2v) is 15.2. The Balaban J connectivity index is 1.50. The molecule has 0 aromatic heterocycles. The molecule has 34 heavy (non-hydrogen) atoms. The molecule has 192 valence electrons. The fraction of sp³-hybridized carbons (Fsp3) is 0.967. The Morgan fingerprint density at radius 1 is 0.824 bits per heavy atom. The Morgan fingerprint density at radius 3 is 2.24 bits per heavy atom. The highest BCUT2D eigenvalue weighted by Gasteiger charge is 2.83. The first-order chi connectivity index (χ1) is 15.7. The van der Waals surface area contributed by atoms with Gasteiger partial charge in [0.1, 0.15) is 5.60 Å². The smallest absolute Gasteiger partial charge is 0.313 e. The number of carbonyl (C=O) groups excluding carboxylic acids is 1. The summed E-state index contributed by atoms with van der Waals surface area (Å²) in [5.41, 5.74) is -1.38. The van der Waals surface area contributed by atoms with Crippen molar-refractivity contribution >= 4 is 5.97 Å². The Bertz CT molecular complexity index is 913. The molecule has 0 unspecified atom stereocenters. The topological polar surface area (TPSA) is 66.8 Å². The zero-order valence-electron chi connectivity index (χ0n) is 22.6. The van der Waals surface area contributed by atoms with Gasteiger partial charge in [-0.2, -0.15) is 0 Å². The summed E-state index contributed by atoms with van der Waals surface area (Å²) < 4.78 is 6.66. The van der Waals surface area contributed by atoms with Crippen LogP contribution in [0.25, 0.3) is 0 Å². The number of ether oxygens (including phenoxy) is 1. The average molecular weight is 473 g/mol. The minimum atomic E-state index is -0.755. The standard InChI is InChI=1S/C30H48O4/c1-17-8-13-29-15-14-28(7)27(6)12-9-19-25(3,4)21(31)10-11-26(19,5)20(27)16-22(32)30(28,34-24(29)33)23(29)18(17)2/h17-23,31-32H,8-16H2,1-7H3/t17-,18+,19+,20-,21+,22-,23-,26+,27-,28+,29+,30+/m1/s1. The molecule has 6 rings (SSSR count). The second kappa shape index (κ2) is 6.63. The van der Waals surface area contributed by atoms with Crippen LogP contribution in [-0.2, 0) is 9.53 Å². The van der Waals surface area contributed by atoms with E-state index in [1.807, 2.05) is 0 Å². The number of carbonyl (C=O) groups is 1. The third-order valence-electron chi connectivity index (χ3n) is 14.4. The Hall–Kier alpha value is -0.610. The maximum atomic E-state index is 13.7. The number of aliphatic hydroxyl groups is 2. The molecule has 2 bridgehead atoms. The van der Waals surface area contributed by atoms with Gasteiger partial charge < -0.3 is 14.9 Å². The maximum Gasteiger partial charge on any atom is 0.313 e. The molecule has 1 spiro atoms. The van der Waals surface area contributed by atoms with Crippen LogP contribution in [0.4, 0.5) is 0 Å². The van der Waals surface area contributed by atoms with Crippen molar-refractivity contribution in [3.8, 4) is 0 Å². The van der Waals surface area contributed by atoms with Crippen LogP contribution in [-0.4, -0.2) is 34.0 Å². The van der Waals surface area contributed by atoms with E-state index in [9.17, 15) is 15.0 Å². The molecule has 1 aliphatic heterocycles. The SMILES string of the molecule is C[C@H]1[C@H](C)CC[C@@]23CC[C@]4(C)[C@](OC2=O)([C@H](O)C[C@@H]2[C@@]5(C)CC[C@H](O)C(C)(C)[C@@H]5CC[C@]24C)[C@H]13. The fourth-order valence-corrected chi connectivity index (χ4v) is 12.1. The van der Waals surface area contributed by atoms with Gasteiger partial charge in [0.15, 0.2) is 0 Å². The van der Waals surface area contributed by atoms with Crippen LogP contribution in [0, 0.1) is 56.7 Å². The van der Waals surface area contributed by atoms with Gasteiger partial charge in [-0.3, -0.25) is 4.79 Å². The second-order valence-electron chi connectivity index (χ2n) is 15.2. The lowest BCUT2D eigenvalue weighted by atomic mass is 9.30. The van der Waals surface area contributed by atoms with Gasteiger partial charge >= 0.3 is 5.97 Å². The number of hydrogen-bond donors (Lipinski definition) is 2. The normalized spacial score (nSPS) is 62.0. The highest BCUT2D eigenvalue weighted by atomic mass is 16.6. The van der Waals surface area contributed by atoms with Crippen molar-refractivity contribution in [1.29, 1.82) is 0 Å². The third kappa shape index (κ3) is 2.25. The van der Waals surface area contributed by atoms with Gasteiger partial charge in [0, 0.05) is 11.3 Å². The van der Waals surface area contributed by atoms with Gasteiger partial charge in [0.25, 0.3) is 0 Å². The zero-order valence-corrected chi connectivity index (χ0v) is 22.6. The van der Waals surface area contributed by atoms with Crippen molar-refractivity contribution in [2.24, 2.45) is 56.7 Å². The summed E-state index contributed by atoms with van der Waals surface area (Å²) in [7, 11) is 0. The molecule has 6 aliphatic rings. The van der Waals surface area contributed by atoms with Gasteiger partial charge in [-0.05, 0) is 97.7 Å². The van der Waals surface area contributed by atoms with Crippen molar-refractivity contribution in [3.05, 3.63) is 0 Å². The summed E-state index contributed by atoms with van der Waals surface area (Å²) in [6.45, 7) is 16.6. The lowest BCUT2D eigenvalue weighted by molar-refractivity contribution is -0.320. The van der Waals surface area contributed by atoms with E-state index < -0.39 is 11.7 Å². The Morgan fingerprint density at radius 2 is 1.53 bits per heavy atom. The van der Waals surface area contributed by atoms with Crippen LogP contribution >= 0.6 is 0 Å². The van der Waals surface area contributed by atoms with Gasteiger partial charge in [-0.15, -0.1) is 0 Å². The molecule has 2 N–H and O–H groups in total. The van der Waals surface area contributed by atoms with E-state index in [0.29, 0.717) is 23.7 Å². The van der Waals surface area contributed by atoms with E-state index in [2.05, 4.69) is 48.5 Å². The highest BCUT2D eigenvalue weighted by Crippen LogP contribution is 2.80. The van der Waals surface area contributed by atoms with Crippen molar-refractivity contribution in [2.75, 3.05) is 0 Å². The number of fused-ring (bicyclic) bond motifs is 4. The van der Waals surface area contributed by atoms with Crippen LogP contribution in [0.3, 0.4) is 0 Å². The summed E-state index contributed by atoms with van der Waals surface area (Å²) in [6, 6.07) is 0. The number of hydrogen-bond acceptors (Lipinski definition) is 4. The summed E-state index contributed by atoms with van der Waals surface area (Å²) in [5, 5.41) is 23.1. The summed E-state index contributed by atoms with van der Waals surface area (Å²) in [5.74, 6) is 1.89. The van der Waals surface area contributed by atoms with Crippen LogP contribution in [0.15, 0.2) is 0 Å². The van der Waals surface area contributed by atoms with Crippen LogP contribution in [0.1, 0.15) is 106 Å². The molecule has 0 amide bonds. The highest BCUT2D eigenvalue weighted by molar-refractivity contribution is 5.82. The predicted octanol–water partition coefficient (Wildman–Crippen LogP) is 5.74. The van der Waals surface area contributed by atoms with E-state index in [-0.39, 0.29) is 45.1 Å². The van der Waals surface area contributed by atoms with Crippen molar-refractivity contribution in [1.82, 2.24) is 0 Å². The van der Waals surface area contributed by atoms with Crippen LogP contribution < -0.4 is 0 Å². The molecule has 12 atom stereocenters. The summed E-state index contributed by atoms with van der Waals surface area (Å²) in [4.78, 5) is 13.7. The van der Waals surface area contributed by atoms with Crippen LogP contribution in [0.5, 0.6) is 0 Å². The maximum absolute atomic E-state index is 13.7. The van der Waals surface area contributed by atoms with E-state index in [0.717, 1.165) is 57.8 Å². The Labute approximate surface area is 206 Å². The minimum absolute atomic E-state index is 0.00268. The van der Waals surface area contributed by atoms with Crippen molar-refractivity contribution in [3.63, 3.8) is 0 Å². The lowest BCUT2D eigenvalue weighted by Crippen LogP contribution is -2.76. The van der Waals surface area contributed by atoms with E-state index in [1.165, 1.54) is 0 Å². The van der Waals surface area contributed by atoms with Crippen LogP contribution in [0.2, 0.25) is 0 Å². The molecule has 5 aliphatic carbocycles. The number of aliphatic hydroxyl groups excluding tert-OH is 2. The van der Waals surface area contributed by atoms with Crippen molar-refractivity contribution in [2.45, 2.75) is 124 Å². The molecular weight excluding hydrogens is 424 g/mol. The molecule has 1 heterocycles. The van der Waals surface area contributed by atoms with E-state index in [4.69, 9.17) is 4.74 Å². The first kappa shape index (κ1) is 23.8. The predicted molar refractivity (Wildman–Crippen MR) is 132 cm³/mol. The fourth-order valence-electron chi connectivity index (χ4n) is 12.1. The summed E-state index contributed by atoms with van der Waals surface area (Å²) in [6.07, 6.45) is 7.88. The van der Waals surface area contributed by atoms with Gasteiger partial charge in [-0.25, -0.2) is 0 Å². The first-order valence-corrected chi connectivity index (χ1v) is 14.3. The Kier molecular flexibility index (Phi) is 4.63. The van der Waals surface area contributed by atoms with E-state index >= 15 is 0 Å². The lowest BCUT2D eigenvalue weighted by Gasteiger charge is -2.74. The molecule has 6 fully saturated rings. The molecule has 1 saturated heterocycles. The average Bonchev–Trinajstić information content (AvgIpc) is 2.98. The molecule has 5 saturated carbocycles. The quantitative estimate of drug-likeness (QED) is 0.442. The molecule has 0 aromatic rings.